The van der Waals surface area contributed by atoms with Crippen molar-refractivity contribution in [3.63, 3.8) is 0 Å². The Hall–Kier alpha value is -4.63. The first-order chi connectivity index (χ1) is 23.3. The number of hydrogen-bond donors (Lipinski definition) is 0. The summed E-state index contributed by atoms with van der Waals surface area (Å²) in [7, 11) is 1.59. The number of ether oxygens (including phenoxy) is 4. The lowest BCUT2D eigenvalue weighted by molar-refractivity contribution is -0.144. The van der Waals surface area contributed by atoms with Gasteiger partial charge in [0, 0.05) is 40.8 Å². The highest BCUT2D eigenvalue weighted by atomic mass is 35.5. The van der Waals surface area contributed by atoms with Crippen LogP contribution in [0.15, 0.2) is 97.1 Å². The number of rotatable bonds is 11. The molecule has 0 radical (unpaired) electrons. The highest BCUT2D eigenvalue weighted by molar-refractivity contribution is 6.30. The number of carbonyl (C=O) groups excluding carboxylic acids is 2. The Bertz CT molecular complexity index is 1870. The summed E-state index contributed by atoms with van der Waals surface area (Å²) >= 11 is 6.05. The van der Waals surface area contributed by atoms with Crippen LogP contribution >= 0.6 is 11.6 Å². The number of methoxy groups -OCH3 is 1. The Morgan fingerprint density at radius 3 is 2.40 bits per heavy atom. The summed E-state index contributed by atoms with van der Waals surface area (Å²) in [6.07, 6.45) is -0.0873. The van der Waals surface area contributed by atoms with E-state index in [0.717, 1.165) is 34.4 Å². The zero-order chi connectivity index (χ0) is 33.6. The van der Waals surface area contributed by atoms with Gasteiger partial charge >= 0.3 is 5.97 Å². The van der Waals surface area contributed by atoms with Gasteiger partial charge in [-0.3, -0.25) is 19.1 Å². The highest BCUT2D eigenvalue weighted by Crippen LogP contribution is 2.32. The van der Waals surface area contributed by atoms with Crippen molar-refractivity contribution in [3.05, 3.63) is 130 Å². The van der Waals surface area contributed by atoms with Gasteiger partial charge in [-0.25, -0.2) is 0 Å². The molecule has 4 aromatic carbocycles. The van der Waals surface area contributed by atoms with E-state index in [0.29, 0.717) is 47.3 Å². The fourth-order valence-corrected chi connectivity index (χ4v) is 6.41. The zero-order valence-electron chi connectivity index (χ0n) is 27.4. The number of esters is 1. The third kappa shape index (κ3) is 7.41. The van der Waals surface area contributed by atoms with Crippen LogP contribution in [0.5, 0.6) is 11.5 Å². The van der Waals surface area contributed by atoms with E-state index in [2.05, 4.69) is 24.0 Å². The Kier molecular flexibility index (Phi) is 10.4. The molecule has 0 saturated carbocycles. The molecule has 1 saturated heterocycles. The molecule has 8 nitrogen and oxygen atoms in total. The Morgan fingerprint density at radius 1 is 0.938 bits per heavy atom. The lowest BCUT2D eigenvalue weighted by Gasteiger charge is -2.39. The van der Waals surface area contributed by atoms with Crippen molar-refractivity contribution in [2.24, 2.45) is 0 Å². The maximum atomic E-state index is 13.6. The molecule has 1 fully saturated rings. The number of benzene rings is 4. The number of aromatic nitrogens is 1. The molecule has 248 valence electrons. The smallest absolute Gasteiger partial charge is 0.310 e. The SMILES string of the molecule is COc1ccc2c(c1)c(CC(=O)OCCN1CCOC(c3ccc(OCc4ccccc4)cc3)C1C)c(C)n2C(=O)c1ccc(Cl)cc1. The van der Waals surface area contributed by atoms with Gasteiger partial charge < -0.3 is 18.9 Å². The van der Waals surface area contributed by atoms with Crippen LogP contribution in [0, 0.1) is 6.92 Å². The van der Waals surface area contributed by atoms with Crippen LogP contribution in [0.25, 0.3) is 10.9 Å². The topological polar surface area (TPSA) is 79.2 Å². The number of morpholine rings is 1. The van der Waals surface area contributed by atoms with E-state index in [-0.39, 0.29) is 37.0 Å². The number of hydrogen-bond acceptors (Lipinski definition) is 7. The van der Waals surface area contributed by atoms with Crippen LogP contribution in [0.2, 0.25) is 5.02 Å². The Balaban J connectivity index is 1.08. The van der Waals surface area contributed by atoms with Crippen LogP contribution < -0.4 is 9.47 Å². The molecule has 0 amide bonds. The van der Waals surface area contributed by atoms with Crippen molar-refractivity contribution >= 4 is 34.4 Å². The predicted octanol–water partition coefficient (Wildman–Crippen LogP) is 7.43. The molecule has 2 heterocycles. The first-order valence-electron chi connectivity index (χ1n) is 16.1. The minimum atomic E-state index is -0.359. The van der Waals surface area contributed by atoms with E-state index in [1.54, 1.807) is 42.0 Å². The molecule has 0 aliphatic carbocycles. The predicted molar refractivity (Wildman–Crippen MR) is 186 cm³/mol. The second-order valence-electron chi connectivity index (χ2n) is 11.9. The van der Waals surface area contributed by atoms with Crippen molar-refractivity contribution in [3.8, 4) is 11.5 Å². The number of fused-ring (bicyclic) bond motifs is 1. The van der Waals surface area contributed by atoms with Crippen molar-refractivity contribution in [1.82, 2.24) is 9.47 Å². The highest BCUT2D eigenvalue weighted by Gasteiger charge is 2.30. The summed E-state index contributed by atoms with van der Waals surface area (Å²) < 4.78 is 25.0. The van der Waals surface area contributed by atoms with Crippen molar-refractivity contribution in [2.45, 2.75) is 39.0 Å². The number of carbonyl (C=O) groups is 2. The van der Waals surface area contributed by atoms with Gasteiger partial charge in [0.2, 0.25) is 0 Å². The lowest BCUT2D eigenvalue weighted by atomic mass is 10.0. The summed E-state index contributed by atoms with van der Waals surface area (Å²) in [5.41, 5.74) is 4.79. The van der Waals surface area contributed by atoms with E-state index in [1.165, 1.54) is 0 Å². The van der Waals surface area contributed by atoms with Gasteiger partial charge in [-0.2, -0.15) is 0 Å². The molecule has 0 bridgehead atoms. The summed E-state index contributed by atoms with van der Waals surface area (Å²) in [5.74, 6) is 0.881. The second kappa shape index (κ2) is 15.1. The Morgan fingerprint density at radius 2 is 1.67 bits per heavy atom. The van der Waals surface area contributed by atoms with Crippen molar-refractivity contribution in [1.29, 1.82) is 0 Å². The van der Waals surface area contributed by atoms with E-state index in [4.69, 9.17) is 30.5 Å². The van der Waals surface area contributed by atoms with Gasteiger partial charge in [0.25, 0.3) is 5.91 Å². The van der Waals surface area contributed by atoms with E-state index >= 15 is 0 Å². The maximum absolute atomic E-state index is 13.6. The summed E-state index contributed by atoms with van der Waals surface area (Å²) in [5, 5.41) is 1.32. The fraction of sp³-hybridized carbons (Fsp3) is 0.282. The molecule has 48 heavy (non-hydrogen) atoms. The number of nitrogens with zero attached hydrogens (tertiary/aromatic N) is 2. The van der Waals surface area contributed by atoms with Gasteiger partial charge in [0.05, 0.1) is 31.8 Å². The molecule has 6 rings (SSSR count). The summed E-state index contributed by atoms with van der Waals surface area (Å²) in [6.45, 7) is 6.64. The van der Waals surface area contributed by atoms with Gasteiger partial charge in [-0.1, -0.05) is 54.1 Å². The molecular formula is C39H39ClN2O6. The quantitative estimate of drug-likeness (QED) is 0.136. The minimum Gasteiger partial charge on any atom is -0.497 e. The first kappa shape index (κ1) is 33.3. The van der Waals surface area contributed by atoms with Crippen LogP contribution in [0.3, 0.4) is 0 Å². The average Bonchev–Trinajstić information content (AvgIpc) is 3.38. The first-order valence-corrected chi connectivity index (χ1v) is 16.5. The van der Waals surface area contributed by atoms with Crippen LogP contribution in [-0.2, 0) is 27.3 Å². The van der Waals surface area contributed by atoms with Crippen molar-refractivity contribution in [2.75, 3.05) is 33.4 Å². The molecular weight excluding hydrogens is 628 g/mol. The summed E-state index contributed by atoms with van der Waals surface area (Å²) in [4.78, 5) is 29.1. The lowest BCUT2D eigenvalue weighted by Crippen LogP contribution is -2.46. The molecule has 0 N–H and O–H groups in total. The molecule has 1 aliphatic heterocycles. The van der Waals surface area contributed by atoms with Gasteiger partial charge in [0.1, 0.15) is 24.7 Å². The van der Waals surface area contributed by atoms with E-state index in [9.17, 15) is 9.59 Å². The molecule has 2 unspecified atom stereocenters. The maximum Gasteiger partial charge on any atom is 0.310 e. The zero-order valence-corrected chi connectivity index (χ0v) is 28.1. The molecule has 5 aromatic rings. The monoisotopic (exact) mass is 666 g/mol. The average molecular weight is 667 g/mol. The van der Waals surface area contributed by atoms with Gasteiger partial charge in [-0.15, -0.1) is 0 Å². The second-order valence-corrected chi connectivity index (χ2v) is 12.3. The third-order valence-electron chi connectivity index (χ3n) is 8.95. The molecule has 1 aliphatic rings. The minimum absolute atomic E-state index is 0.0242. The molecule has 9 heteroatoms. The van der Waals surface area contributed by atoms with Gasteiger partial charge in [-0.05, 0) is 85.1 Å². The van der Waals surface area contributed by atoms with Crippen LogP contribution in [0.4, 0.5) is 0 Å². The van der Waals surface area contributed by atoms with Crippen LogP contribution in [-0.4, -0.2) is 60.8 Å². The standard InChI is InChI=1S/C39H39ClN2O6/c1-26-34(35-23-33(45-3)17-18-36(35)42(26)39(44)30-9-13-31(40)14-10-30)24-37(43)46-21-19-41-20-22-47-38(27(41)2)29-11-15-32(16-12-29)48-25-28-7-5-4-6-8-28/h4-18,23,27,38H,19-22,24-25H2,1-3H3. The fourth-order valence-electron chi connectivity index (χ4n) is 6.28. The molecule has 2 atom stereocenters. The number of halogens is 1. The van der Waals surface area contributed by atoms with Crippen molar-refractivity contribution < 1.29 is 28.5 Å². The Labute approximate surface area is 285 Å². The van der Waals surface area contributed by atoms with Gasteiger partial charge in [0.15, 0.2) is 0 Å². The molecule has 0 spiro atoms. The normalized spacial score (nSPS) is 16.5. The van der Waals surface area contributed by atoms with E-state index < -0.39 is 0 Å². The molecule has 1 aromatic heterocycles. The van der Waals surface area contributed by atoms with E-state index in [1.807, 2.05) is 61.5 Å². The van der Waals surface area contributed by atoms with Crippen LogP contribution in [0.1, 0.15) is 45.8 Å². The summed E-state index contributed by atoms with van der Waals surface area (Å²) in [6, 6.07) is 30.5. The third-order valence-corrected chi connectivity index (χ3v) is 9.20. The largest absolute Gasteiger partial charge is 0.497 e.